The molecule has 0 heterocycles. The van der Waals surface area contributed by atoms with Crippen LogP contribution in [0.15, 0.2) is 218 Å². The zero-order valence-corrected chi connectivity index (χ0v) is 91.2. The molecule has 0 unspecified atom stereocenters. The van der Waals surface area contributed by atoms with Crippen molar-refractivity contribution in [2.75, 3.05) is 0 Å². The molecule has 13 heteroatoms. The van der Waals surface area contributed by atoms with Gasteiger partial charge in [-0.15, -0.1) is 13.2 Å². The average Bonchev–Trinajstić information content (AvgIpc) is 0.805. The number of halogens is 12. The molecule has 0 atom stereocenters. The second-order valence-corrected chi connectivity index (χ2v) is 47.2. The van der Waals surface area contributed by atoms with E-state index < -0.39 is 18.1 Å². The molecule has 0 saturated heterocycles. The molecule has 0 aliphatic carbocycles. The van der Waals surface area contributed by atoms with Gasteiger partial charge in [0.1, 0.15) is 40.7 Å². The molecule has 0 fully saturated rings. The van der Waals surface area contributed by atoms with Crippen molar-refractivity contribution in [3.63, 3.8) is 0 Å². The smallest absolute Gasteiger partial charge is 0.406 e. The maximum Gasteiger partial charge on any atom is 0.573 e. The fraction of sp³-hybridized carbons (Fsp3) is 0.463. The first-order valence-corrected chi connectivity index (χ1v) is 47.1. The lowest BCUT2D eigenvalue weighted by atomic mass is 9.84. The van der Waals surface area contributed by atoms with Crippen LogP contribution >= 0.6 is 0 Å². The minimum atomic E-state index is -4.64. The third-order valence-corrected chi connectivity index (χ3v) is 22.3. The van der Waals surface area contributed by atoms with Crippen LogP contribution in [-0.4, -0.2) is 6.36 Å². The molecule has 0 radical (unpaired) electrons. The lowest BCUT2D eigenvalue weighted by molar-refractivity contribution is -0.274. The molecule has 750 valence electrons. The summed E-state index contributed by atoms with van der Waals surface area (Å²) in [5.74, 6) is -0.745. The molecule has 136 heavy (non-hydrogen) atoms. The van der Waals surface area contributed by atoms with Crippen LogP contribution in [0, 0.1) is 111 Å². The lowest BCUT2D eigenvalue weighted by Crippen LogP contribution is -2.19. The Labute approximate surface area is 816 Å². The summed E-state index contributed by atoms with van der Waals surface area (Å²) < 4.78 is 157. The van der Waals surface area contributed by atoms with Gasteiger partial charge in [-0.3, -0.25) is 0 Å². The topological polar surface area (TPSA) is 9.23 Å². The first kappa shape index (κ1) is 124. The quantitative estimate of drug-likeness (QED) is 0.149. The van der Waals surface area contributed by atoms with Crippen molar-refractivity contribution in [3.05, 3.63) is 381 Å². The summed E-state index contributed by atoms with van der Waals surface area (Å²) in [6.07, 6.45) is -8.90. The van der Waals surface area contributed by atoms with Gasteiger partial charge in [0.15, 0.2) is 0 Å². The normalized spacial score (nSPS) is 12.0. The van der Waals surface area contributed by atoms with E-state index in [2.05, 4.69) is 223 Å². The van der Waals surface area contributed by atoms with E-state index in [0.29, 0.717) is 22.3 Å². The highest BCUT2D eigenvalue weighted by atomic mass is 19.4. The Kier molecular flexibility index (Phi) is 46.5. The van der Waals surface area contributed by atoms with Gasteiger partial charge in [0, 0.05) is 0 Å². The largest absolute Gasteiger partial charge is 0.573 e. The standard InChI is InChI=1S/C12H15F3O.C12H15F3.6C11H15F.3C11H16/c1-8-5-6-9(11(2,3)4)7-10(8)16-12(13,14)15;1-8-5-6-9(11(2,3)4)7-10(8)12(13,14)15;1-8-5-9(11(2,3)4)7-10(12)6-8;2*1-8-5-6-9(7-10(8)12)11(2,3)4;1-8-5-6-10(12)9(7-8)11(2,3)4;1-8-5-6-9(10(12)7-8)11(2,3)4;1-8-6-5-7-9(10(8)12)11(2,3)4;1-9-5-7-10(8-6-9)11(2,3)4;1-9-6-5-7-10(8-9)11(2,3)4;1-9-7-5-6-8-10(9)11(2,3)4/h5-7H,1-4H3;5-7H,1-4H3;6*5-7H,1-4H3;3*5-8H,1-4H3. The molecule has 0 saturated carbocycles. The van der Waals surface area contributed by atoms with Crippen LogP contribution < -0.4 is 4.74 Å². The molecule has 0 aliphatic rings. The lowest BCUT2D eigenvalue weighted by Gasteiger charge is -2.21. The summed E-state index contributed by atoms with van der Waals surface area (Å²) in [5.41, 5.74) is 21.0. The predicted octanol–water partition coefficient (Wildman–Crippen LogP) is 39.0. The van der Waals surface area contributed by atoms with Gasteiger partial charge in [-0.2, -0.15) is 13.2 Å². The van der Waals surface area contributed by atoms with Gasteiger partial charge in [-0.05, 0) is 290 Å². The van der Waals surface area contributed by atoms with Gasteiger partial charge in [-0.1, -0.05) is 415 Å². The number of ether oxygens (including phenoxy) is 1. The van der Waals surface area contributed by atoms with E-state index in [-0.39, 0.29) is 106 Å². The second kappa shape index (κ2) is 50.8. The summed E-state index contributed by atoms with van der Waals surface area (Å²) in [6.45, 7) is 89.2. The van der Waals surface area contributed by atoms with Crippen LogP contribution in [0.5, 0.6) is 5.75 Å². The van der Waals surface area contributed by atoms with E-state index in [1.54, 1.807) is 82.3 Å². The molecule has 11 aromatic rings. The molecule has 0 spiro atoms. The zero-order chi connectivity index (χ0) is 106. The van der Waals surface area contributed by atoms with E-state index in [1.165, 1.54) is 64.6 Å². The van der Waals surface area contributed by atoms with Crippen LogP contribution in [0.25, 0.3) is 0 Å². The zero-order valence-electron chi connectivity index (χ0n) is 91.2. The summed E-state index contributed by atoms with van der Waals surface area (Å²) in [4.78, 5) is 0. The number of rotatable bonds is 1. The molecule has 0 bridgehead atoms. The fourth-order valence-electron chi connectivity index (χ4n) is 13.2. The number of hydrogen-bond acceptors (Lipinski definition) is 1. The average molecular weight is 1890 g/mol. The molecule has 11 rings (SSSR count). The van der Waals surface area contributed by atoms with Crippen molar-refractivity contribution in [1.82, 2.24) is 0 Å². The minimum absolute atomic E-state index is 0.0346. The maximum atomic E-state index is 13.5. The molecule has 0 aliphatic heterocycles. The van der Waals surface area contributed by atoms with Gasteiger partial charge in [0.05, 0.1) is 5.56 Å². The number of hydrogen-bond donors (Lipinski definition) is 0. The Morgan fingerprint density at radius 2 is 0.515 bits per heavy atom. The SMILES string of the molecule is Cc1cc(F)cc(C(C)(C)C)c1.Cc1ccc(C(C)(C)C)c(F)c1.Cc1ccc(C(C)(C)C)cc1.Cc1ccc(C(C)(C)C)cc1C(F)(F)F.Cc1ccc(C(C)(C)C)cc1F.Cc1ccc(C(C)(C)C)cc1F.Cc1ccc(C(C)(C)C)cc1OC(F)(F)F.Cc1ccc(F)c(C(C)(C)C)c1.Cc1cccc(C(C)(C)C)c1.Cc1cccc(C(C)(C)C)c1F.Cc1ccccc1C(C)(C)C. The van der Waals surface area contributed by atoms with E-state index in [0.717, 1.165) is 61.2 Å². The van der Waals surface area contributed by atoms with Crippen LogP contribution in [0.4, 0.5) is 52.7 Å². The Morgan fingerprint density at radius 3 is 0.868 bits per heavy atom. The van der Waals surface area contributed by atoms with Crippen LogP contribution in [0.3, 0.4) is 0 Å². The minimum Gasteiger partial charge on any atom is -0.406 e. The van der Waals surface area contributed by atoms with Crippen LogP contribution in [0.2, 0.25) is 0 Å². The number of aryl methyl sites for hydroxylation is 11. The Morgan fingerprint density at radius 1 is 0.184 bits per heavy atom. The third kappa shape index (κ3) is 46.2. The van der Waals surface area contributed by atoms with E-state index in [9.17, 15) is 52.7 Å². The van der Waals surface area contributed by atoms with Crippen LogP contribution in [-0.2, 0) is 65.7 Å². The van der Waals surface area contributed by atoms with Crippen molar-refractivity contribution in [2.45, 2.75) is 377 Å². The summed E-state index contributed by atoms with van der Waals surface area (Å²) >= 11 is 0. The molecule has 0 aromatic heterocycles. The monoisotopic (exact) mass is 1890 g/mol. The number of alkyl halides is 6. The van der Waals surface area contributed by atoms with E-state index in [1.807, 2.05) is 191 Å². The highest BCUT2D eigenvalue weighted by molar-refractivity contribution is 5.42. The first-order chi connectivity index (χ1) is 61.2. The molecule has 0 amide bonds. The highest BCUT2D eigenvalue weighted by Crippen LogP contribution is 2.38. The van der Waals surface area contributed by atoms with E-state index >= 15 is 0 Å². The van der Waals surface area contributed by atoms with Gasteiger partial charge in [0.25, 0.3) is 0 Å². The highest BCUT2D eigenvalue weighted by Gasteiger charge is 2.35. The van der Waals surface area contributed by atoms with Crippen molar-refractivity contribution in [1.29, 1.82) is 0 Å². The van der Waals surface area contributed by atoms with Gasteiger partial charge in [-0.25, -0.2) is 26.3 Å². The molecule has 11 aromatic carbocycles. The van der Waals surface area contributed by atoms with Crippen molar-refractivity contribution in [2.24, 2.45) is 0 Å². The fourth-order valence-corrected chi connectivity index (χ4v) is 13.2. The van der Waals surface area contributed by atoms with Crippen molar-refractivity contribution < 1.29 is 57.4 Å². The first-order valence-electron chi connectivity index (χ1n) is 47.1. The van der Waals surface area contributed by atoms with Gasteiger partial charge in [0.2, 0.25) is 0 Å². The summed E-state index contributed by atoms with van der Waals surface area (Å²) in [6, 6.07) is 67.7. The van der Waals surface area contributed by atoms with Crippen LogP contribution in [0.1, 0.15) is 356 Å². The second-order valence-electron chi connectivity index (χ2n) is 47.2. The Balaban J connectivity index is 0.000000749. The number of benzene rings is 11. The summed E-state index contributed by atoms with van der Waals surface area (Å²) in [5, 5.41) is 0. The van der Waals surface area contributed by atoms with Crippen molar-refractivity contribution in [3.8, 4) is 5.75 Å². The van der Waals surface area contributed by atoms with Crippen molar-refractivity contribution >= 4 is 0 Å². The Hall–Kier alpha value is -9.62. The molecular weight excluding hydrogens is 1720 g/mol. The Bertz CT molecular complexity index is 5400. The maximum absolute atomic E-state index is 13.5. The van der Waals surface area contributed by atoms with E-state index in [4.69, 9.17) is 0 Å². The van der Waals surface area contributed by atoms with Gasteiger partial charge >= 0.3 is 12.5 Å². The van der Waals surface area contributed by atoms with Gasteiger partial charge < -0.3 is 4.74 Å². The molecular formula is C123H168F12O. The third-order valence-electron chi connectivity index (χ3n) is 22.3. The predicted molar refractivity (Wildman–Crippen MR) is 560 cm³/mol. The molecule has 0 N–H and O–H groups in total. The summed E-state index contributed by atoms with van der Waals surface area (Å²) in [7, 11) is 0. The molecule has 1 nitrogen and oxygen atoms in total.